The van der Waals surface area contributed by atoms with Gasteiger partial charge in [0.1, 0.15) is 0 Å². The van der Waals surface area contributed by atoms with E-state index in [0.717, 1.165) is 16.7 Å². The molecule has 11 rings (SSSR count). The number of benzene rings is 11. The van der Waals surface area contributed by atoms with Gasteiger partial charge in [0, 0.05) is 17.1 Å². The maximum absolute atomic E-state index is 9.91. The fraction of sp³-hybridized carbons (Fsp3) is 0. The Morgan fingerprint density at radius 3 is 1.38 bits per heavy atom. The van der Waals surface area contributed by atoms with Gasteiger partial charge in [-0.05, 0) is 137 Å². The first-order chi connectivity index (χ1) is 39.2. The lowest BCUT2D eigenvalue weighted by Gasteiger charge is -2.26. The molecule has 0 fully saturated rings. The van der Waals surface area contributed by atoms with E-state index in [1.807, 2.05) is 109 Å². The maximum atomic E-state index is 9.91. The highest BCUT2D eigenvalue weighted by Gasteiger charge is 2.17. The molecule has 0 atom stereocenters. The van der Waals surface area contributed by atoms with Gasteiger partial charge in [-0.3, -0.25) is 0 Å². The molecule has 0 unspecified atom stereocenters. The number of hydrogen-bond donors (Lipinski definition) is 0. The smallest absolute Gasteiger partial charge is 0.0645 e. The van der Waals surface area contributed by atoms with Gasteiger partial charge < -0.3 is 4.90 Å². The number of nitrogens with zero attached hydrogens (tertiary/aromatic N) is 1. The van der Waals surface area contributed by atoms with Gasteiger partial charge in [0.25, 0.3) is 0 Å². The van der Waals surface area contributed by atoms with Crippen LogP contribution in [0.4, 0.5) is 17.1 Å². The number of anilines is 3. The molecule has 0 saturated heterocycles. The molecule has 0 N–H and O–H groups in total. The van der Waals surface area contributed by atoms with Crippen molar-refractivity contribution in [3.05, 3.63) is 260 Å². The zero-order valence-electron chi connectivity index (χ0n) is 52.3. The monoisotopic (exact) mass is 820 g/mol. The van der Waals surface area contributed by atoms with Gasteiger partial charge in [0.15, 0.2) is 0 Å². The third-order valence-electron chi connectivity index (χ3n) is 10.7. The van der Waals surface area contributed by atoms with E-state index >= 15 is 0 Å². The predicted molar refractivity (Wildman–Crippen MR) is 269 cm³/mol. The van der Waals surface area contributed by atoms with Crippen LogP contribution < -0.4 is 4.90 Å². The quantitative estimate of drug-likeness (QED) is 0.140. The summed E-state index contributed by atoms with van der Waals surface area (Å²) in [4.78, 5) is 0.671. The van der Waals surface area contributed by atoms with Crippen LogP contribution in [0, 0.1) is 0 Å². The lowest BCUT2D eigenvalue weighted by Crippen LogP contribution is -2.09. The van der Waals surface area contributed by atoms with Crippen LogP contribution in [-0.2, 0) is 0 Å². The van der Waals surface area contributed by atoms with Crippen molar-refractivity contribution in [2.45, 2.75) is 0 Å². The fourth-order valence-corrected chi connectivity index (χ4v) is 7.71. The Labute approximate surface area is 396 Å². The van der Waals surface area contributed by atoms with Crippen molar-refractivity contribution in [1.82, 2.24) is 0 Å². The summed E-state index contributed by atoms with van der Waals surface area (Å²) in [5, 5.41) is 0.261. The lowest BCUT2D eigenvalue weighted by molar-refractivity contribution is 1.28. The highest BCUT2D eigenvalue weighted by Crippen LogP contribution is 2.42. The van der Waals surface area contributed by atoms with Crippen LogP contribution in [0.2, 0.25) is 0 Å². The predicted octanol–water partition coefficient (Wildman–Crippen LogP) is 17.5. The van der Waals surface area contributed by atoms with E-state index in [4.69, 9.17) is 8.22 Å². The van der Waals surface area contributed by atoms with Crippen LogP contribution in [0.25, 0.3) is 88.3 Å². The minimum absolute atomic E-state index is 0.168. The molecule has 0 aliphatic carbocycles. The molecule has 0 aliphatic rings. The average molecular weight is 821 g/mol. The van der Waals surface area contributed by atoms with Crippen molar-refractivity contribution in [1.29, 1.82) is 0 Å². The van der Waals surface area contributed by atoms with E-state index in [2.05, 4.69) is 0 Å². The summed E-state index contributed by atoms with van der Waals surface area (Å²) in [5.74, 6) is 0. The van der Waals surface area contributed by atoms with Gasteiger partial charge in [0.05, 0.1) is 26.0 Å². The summed E-state index contributed by atoms with van der Waals surface area (Å²) in [5.41, 5.74) is 0.701. The first-order valence-corrected chi connectivity index (χ1v) is 20.1. The Balaban J connectivity index is 1.22. The summed E-state index contributed by atoms with van der Waals surface area (Å²) in [6, 6.07) is 28.5. The average Bonchev–Trinajstić information content (AvgIpc) is 2.21. The molecule has 0 heterocycles. The second-order valence-electron chi connectivity index (χ2n) is 14.6. The molecule has 1 nitrogen and oxygen atoms in total. The van der Waals surface area contributed by atoms with E-state index in [1.165, 1.54) is 0 Å². The van der Waals surface area contributed by atoms with Crippen LogP contribution in [-0.4, -0.2) is 0 Å². The molecule has 11 aromatic rings. The molecular formula is C62H43N. The molecule has 0 amide bonds. The highest BCUT2D eigenvalue weighted by atomic mass is 15.1. The largest absolute Gasteiger partial charge is 0.311 e. The van der Waals surface area contributed by atoms with Gasteiger partial charge in [-0.2, -0.15) is 0 Å². The van der Waals surface area contributed by atoms with Gasteiger partial charge in [0.2, 0.25) is 0 Å². The summed E-state index contributed by atoms with van der Waals surface area (Å²) >= 11 is 0. The van der Waals surface area contributed by atoms with Gasteiger partial charge in [-0.25, -0.2) is 0 Å². The minimum Gasteiger partial charge on any atom is -0.311 e. The molecule has 296 valence electrons. The van der Waals surface area contributed by atoms with Crippen molar-refractivity contribution < 1.29 is 26.0 Å². The third-order valence-corrected chi connectivity index (χ3v) is 10.7. The maximum Gasteiger partial charge on any atom is 0.0645 e. The molecular weight excluding hydrogens is 759 g/mol. The molecule has 0 aromatic heterocycles. The Bertz CT molecular complexity index is 4410. The summed E-state index contributed by atoms with van der Waals surface area (Å²) < 4.78 is 178. The van der Waals surface area contributed by atoms with Gasteiger partial charge >= 0.3 is 0 Å². The highest BCUT2D eigenvalue weighted by molar-refractivity contribution is 6.04. The zero-order valence-corrected chi connectivity index (χ0v) is 33.3. The van der Waals surface area contributed by atoms with Crippen molar-refractivity contribution in [3.63, 3.8) is 0 Å². The third kappa shape index (κ3) is 7.47. The second kappa shape index (κ2) is 16.7. The first-order valence-electron chi connectivity index (χ1n) is 29.6. The number of hydrogen-bond acceptors (Lipinski definition) is 1. The van der Waals surface area contributed by atoms with Gasteiger partial charge in [-0.1, -0.05) is 212 Å². The van der Waals surface area contributed by atoms with Crippen molar-refractivity contribution >= 4 is 38.6 Å². The zero-order chi connectivity index (χ0) is 58.5. The van der Waals surface area contributed by atoms with Crippen LogP contribution in [0.1, 0.15) is 26.0 Å². The summed E-state index contributed by atoms with van der Waals surface area (Å²) in [6.45, 7) is 0. The molecule has 11 aromatic carbocycles. The van der Waals surface area contributed by atoms with Gasteiger partial charge in [-0.15, -0.1) is 0 Å². The van der Waals surface area contributed by atoms with Crippen LogP contribution >= 0.6 is 0 Å². The number of rotatable bonds is 9. The Morgan fingerprint density at radius 2 is 0.762 bits per heavy atom. The first kappa shape index (κ1) is 22.5. The fourth-order valence-electron chi connectivity index (χ4n) is 7.71. The van der Waals surface area contributed by atoms with Crippen molar-refractivity contribution in [2.24, 2.45) is 0 Å². The van der Waals surface area contributed by atoms with Crippen LogP contribution in [0.3, 0.4) is 0 Å². The van der Waals surface area contributed by atoms with Crippen LogP contribution in [0.5, 0.6) is 0 Å². The van der Waals surface area contributed by atoms with Crippen molar-refractivity contribution in [2.75, 3.05) is 4.90 Å². The molecule has 0 spiro atoms. The molecule has 1 heteroatoms. The molecule has 0 bridgehead atoms. The van der Waals surface area contributed by atoms with E-state index in [-0.39, 0.29) is 16.7 Å². The SMILES string of the molecule is [2H]c1c([2H])c(N(c2c([2H])c([2H])c(-c3c([2H])c([2H])c4c([2H])c([2H])c([2H])c([2H])c4c3[2H])c([2H])c2[2H])c2c([2H])c([2H])c(-c3c(-c4ccccc4)ccc4ccccc34)c([2H])c2[2H])c([2H])c([2H])c1-c1ccc(-c2ccccc2)c(-c2ccccc2)c1. The topological polar surface area (TPSA) is 3.24 Å². The van der Waals surface area contributed by atoms with E-state index < -0.39 is 154 Å². The Hall–Kier alpha value is -8.26. The standard InChI is InChI=1S/C62H43N/c1-4-15-47(16-5-1)58-40-33-54(43-61(58)49-19-8-3-9-20-49)46-28-36-56(37-29-46)63(55-34-26-45(27-35-55)53-25-24-44-14-10-11-22-52(44)42-53)57-38-30-51(31-39-57)62-59-23-13-12-21-50(59)32-41-60(62)48-17-6-2-7-18-48/h1-43H/i10D,11D,14D,22D,24D,25D,26D,27D,28D,29D,30D,31D,34D,35D,36D,37D,38D,39D,42D. The molecule has 0 radical (unpaired) electrons. The minimum atomic E-state index is -1.04. The van der Waals surface area contributed by atoms with E-state index in [0.29, 0.717) is 37.9 Å². The summed E-state index contributed by atoms with van der Waals surface area (Å²) in [7, 11) is 0. The Kier molecular flexibility index (Phi) is 5.96. The lowest BCUT2D eigenvalue weighted by atomic mass is 9.89. The molecule has 63 heavy (non-hydrogen) atoms. The summed E-state index contributed by atoms with van der Waals surface area (Å²) in [6.07, 6.45) is 0. The Morgan fingerprint density at radius 1 is 0.286 bits per heavy atom. The normalized spacial score (nSPS) is 15.4. The second-order valence-corrected chi connectivity index (χ2v) is 14.6. The number of fused-ring (bicyclic) bond motifs is 2. The van der Waals surface area contributed by atoms with E-state index in [1.54, 1.807) is 36.4 Å². The molecule has 0 saturated carbocycles. The molecule has 0 aliphatic heterocycles. The van der Waals surface area contributed by atoms with Crippen LogP contribution in [0.15, 0.2) is 260 Å². The van der Waals surface area contributed by atoms with Crippen molar-refractivity contribution in [3.8, 4) is 66.8 Å². The van der Waals surface area contributed by atoms with E-state index in [9.17, 15) is 17.8 Å².